The second-order valence-corrected chi connectivity index (χ2v) is 15.4. The molecule has 0 saturated carbocycles. The van der Waals surface area contributed by atoms with Crippen molar-refractivity contribution >= 4 is 44.1 Å². The molecule has 3 aliphatic rings. The lowest BCUT2D eigenvalue weighted by molar-refractivity contribution is -0.0599. The second-order valence-electron chi connectivity index (χ2n) is 13.7. The van der Waals surface area contributed by atoms with Gasteiger partial charge < -0.3 is 24.6 Å². The minimum atomic E-state index is -0.448. The van der Waals surface area contributed by atoms with E-state index in [9.17, 15) is 9.59 Å². The molecule has 0 unspecified atom stereocenters. The van der Waals surface area contributed by atoms with E-state index in [1.807, 2.05) is 31.1 Å². The first-order chi connectivity index (χ1) is 21.0. The molecule has 6 rings (SSSR count). The first-order valence-electron chi connectivity index (χ1n) is 15.5. The van der Waals surface area contributed by atoms with Gasteiger partial charge in [-0.15, -0.1) is 11.3 Å². The van der Waals surface area contributed by atoms with Gasteiger partial charge in [0.25, 0.3) is 5.56 Å². The van der Waals surface area contributed by atoms with E-state index in [-0.39, 0.29) is 23.1 Å². The summed E-state index contributed by atoms with van der Waals surface area (Å²) < 4.78 is 13.7. The Labute approximate surface area is 271 Å². The van der Waals surface area contributed by atoms with Crippen LogP contribution in [-0.4, -0.2) is 101 Å². The molecule has 3 aromatic rings. The Morgan fingerprint density at radius 3 is 2.59 bits per heavy atom. The molecular weight excluding hydrogens is 644 g/mol. The number of aromatic nitrogens is 2. The Kier molecular flexibility index (Phi) is 8.98. The summed E-state index contributed by atoms with van der Waals surface area (Å²) in [5.74, 6) is 1.87. The molecule has 1 amide bonds. The number of amides is 1. The van der Waals surface area contributed by atoms with Crippen molar-refractivity contribution in [1.82, 2.24) is 24.1 Å². The molecule has 3 saturated heterocycles. The fourth-order valence-corrected chi connectivity index (χ4v) is 7.83. The third-order valence-corrected chi connectivity index (χ3v) is 10.5. The fourth-order valence-electron chi connectivity index (χ4n) is 6.73. The van der Waals surface area contributed by atoms with Gasteiger partial charge in [-0.05, 0) is 99.7 Å². The number of likely N-dealkylation sites (N-methyl/N-ethyl adjacent to an activating group) is 1. The molecule has 12 heteroatoms. The van der Waals surface area contributed by atoms with E-state index >= 15 is 0 Å². The number of ether oxygens (including phenoxy) is 2. The van der Waals surface area contributed by atoms with Crippen LogP contribution < -0.4 is 15.6 Å². The Hall–Kier alpha value is -2.67. The van der Waals surface area contributed by atoms with Crippen molar-refractivity contribution in [3.8, 4) is 5.75 Å². The van der Waals surface area contributed by atoms with Gasteiger partial charge in [-0.1, -0.05) is 12.1 Å². The maximum Gasteiger partial charge on any atom is 0.410 e. The summed E-state index contributed by atoms with van der Waals surface area (Å²) in [4.78, 5) is 37.1. The van der Waals surface area contributed by atoms with Gasteiger partial charge in [0.05, 0.1) is 0 Å². The van der Waals surface area contributed by atoms with Gasteiger partial charge >= 0.3 is 6.09 Å². The summed E-state index contributed by atoms with van der Waals surface area (Å²) in [6.45, 7) is 12.9. The van der Waals surface area contributed by atoms with Gasteiger partial charge in [-0.2, -0.15) is 0 Å². The van der Waals surface area contributed by atoms with Gasteiger partial charge in [0.2, 0.25) is 0 Å². The van der Waals surface area contributed by atoms with E-state index < -0.39 is 5.60 Å². The topological polar surface area (TPSA) is 91.7 Å². The van der Waals surface area contributed by atoms with Crippen molar-refractivity contribution < 1.29 is 14.3 Å². The average molecular weight is 688 g/mol. The van der Waals surface area contributed by atoms with Gasteiger partial charge in [0.15, 0.2) is 4.96 Å². The largest absolute Gasteiger partial charge is 0.492 e. The summed E-state index contributed by atoms with van der Waals surface area (Å²) in [5, 5.41) is 5.42. The number of benzene rings is 1. The molecule has 1 aromatic carbocycles. The Bertz CT molecular complexity index is 1520. The number of carbonyl (C=O) groups excluding carboxylic acids is 1. The summed E-state index contributed by atoms with van der Waals surface area (Å²) in [6, 6.07) is 8.71. The van der Waals surface area contributed by atoms with Crippen LogP contribution in [0, 0.1) is 5.41 Å². The third kappa shape index (κ3) is 7.08. The van der Waals surface area contributed by atoms with Gasteiger partial charge in [-0.3, -0.25) is 14.1 Å². The number of hydrogen-bond donors (Lipinski definition) is 1. The first kappa shape index (κ1) is 31.3. The van der Waals surface area contributed by atoms with E-state index in [4.69, 9.17) is 9.47 Å². The summed E-state index contributed by atoms with van der Waals surface area (Å²) in [5.41, 5.74) is 1.01. The lowest BCUT2D eigenvalue weighted by atomic mass is 9.72. The zero-order chi connectivity index (χ0) is 31.1. The Balaban J connectivity index is 0.952. The first-order valence-corrected chi connectivity index (χ1v) is 17.2. The summed E-state index contributed by atoms with van der Waals surface area (Å²) in [7, 11) is 2.14. The number of nitrogens with one attached hydrogen (secondary N) is 1. The number of halogens is 1. The second kappa shape index (κ2) is 12.6. The van der Waals surface area contributed by atoms with Crippen LogP contribution in [0.2, 0.25) is 0 Å². The highest BCUT2D eigenvalue weighted by molar-refractivity contribution is 9.10. The highest BCUT2D eigenvalue weighted by Crippen LogP contribution is 2.41. The molecule has 0 bridgehead atoms. The maximum atomic E-state index is 12.7. The number of likely N-dealkylation sites (tertiary alicyclic amines) is 3. The molecule has 1 N–H and O–H groups in total. The molecule has 2 atom stereocenters. The van der Waals surface area contributed by atoms with Crippen LogP contribution in [0.25, 0.3) is 4.96 Å². The minimum Gasteiger partial charge on any atom is -0.492 e. The number of carbonyl (C=O) groups is 1. The SMILES string of the molecule is CN1C[C@H](Nc2nc3sccn3c(=O)c2Br)C[C@H](c2ccc(OCCN3CCC4(CC3)CN(C(=O)OC(C)(C)C)C4)cc2)C1. The van der Waals surface area contributed by atoms with Gasteiger partial charge in [0, 0.05) is 55.8 Å². The molecule has 3 fully saturated rings. The van der Waals surface area contributed by atoms with E-state index in [0.29, 0.717) is 27.8 Å². The standard InChI is InChI=1S/C32H43BrN6O4S/c1-31(2,3)43-30(41)38-20-32(21-38)9-11-37(12-10-32)13-15-42-25-7-5-22(6-8-25)23-17-24(19-36(4)18-23)34-27-26(33)28(40)39-14-16-44-29(39)35-27/h5-8,14,16,23-24,34H,9-13,15,17-21H2,1-4H3/t23-,24+/m0/s1. The highest BCUT2D eigenvalue weighted by atomic mass is 79.9. The lowest BCUT2D eigenvalue weighted by Gasteiger charge is -2.53. The van der Waals surface area contributed by atoms with Crippen molar-refractivity contribution in [2.75, 3.05) is 64.8 Å². The van der Waals surface area contributed by atoms with Crippen molar-refractivity contribution in [3.63, 3.8) is 0 Å². The number of rotatable bonds is 7. The molecule has 3 aliphatic heterocycles. The maximum absolute atomic E-state index is 12.7. The van der Waals surface area contributed by atoms with E-state index in [0.717, 1.165) is 70.8 Å². The van der Waals surface area contributed by atoms with E-state index in [2.05, 4.69) is 67.3 Å². The van der Waals surface area contributed by atoms with Crippen molar-refractivity contribution in [2.24, 2.45) is 5.41 Å². The van der Waals surface area contributed by atoms with Crippen LogP contribution in [0.15, 0.2) is 45.1 Å². The molecule has 10 nitrogen and oxygen atoms in total. The van der Waals surface area contributed by atoms with Crippen molar-refractivity contribution in [3.05, 3.63) is 56.2 Å². The number of thiazole rings is 1. The summed E-state index contributed by atoms with van der Waals surface area (Å²) in [6.07, 6.45) is 4.74. The lowest BCUT2D eigenvalue weighted by Crippen LogP contribution is -2.62. The van der Waals surface area contributed by atoms with Crippen LogP contribution in [0.1, 0.15) is 51.5 Å². The van der Waals surface area contributed by atoms with Crippen LogP contribution in [-0.2, 0) is 4.74 Å². The van der Waals surface area contributed by atoms with Crippen LogP contribution in [0.4, 0.5) is 10.6 Å². The van der Waals surface area contributed by atoms with Crippen LogP contribution >= 0.6 is 27.3 Å². The fraction of sp³-hybridized carbons (Fsp3) is 0.594. The number of fused-ring (bicyclic) bond motifs is 1. The predicted molar refractivity (Wildman–Crippen MR) is 177 cm³/mol. The number of anilines is 1. The van der Waals surface area contributed by atoms with E-state index in [1.54, 1.807) is 10.6 Å². The monoisotopic (exact) mass is 686 g/mol. The Morgan fingerprint density at radius 2 is 1.89 bits per heavy atom. The zero-order valence-corrected chi connectivity index (χ0v) is 28.5. The molecule has 0 aliphatic carbocycles. The van der Waals surface area contributed by atoms with Gasteiger partial charge in [0.1, 0.15) is 28.2 Å². The molecule has 1 spiro atoms. The Morgan fingerprint density at radius 1 is 1.16 bits per heavy atom. The number of hydrogen-bond acceptors (Lipinski definition) is 9. The quantitative estimate of drug-likeness (QED) is 0.366. The van der Waals surface area contributed by atoms with E-state index in [1.165, 1.54) is 16.9 Å². The minimum absolute atomic E-state index is 0.0933. The third-order valence-electron chi connectivity index (χ3n) is 9.03. The summed E-state index contributed by atoms with van der Waals surface area (Å²) >= 11 is 4.92. The predicted octanol–water partition coefficient (Wildman–Crippen LogP) is 5.13. The molecular formula is C32H43BrN6O4S. The number of nitrogens with zero attached hydrogens (tertiary/aromatic N) is 5. The molecule has 5 heterocycles. The van der Waals surface area contributed by atoms with Crippen molar-refractivity contribution in [2.45, 2.75) is 57.6 Å². The van der Waals surface area contributed by atoms with Crippen molar-refractivity contribution in [1.29, 1.82) is 0 Å². The molecule has 0 radical (unpaired) electrons. The van der Waals surface area contributed by atoms with Crippen LogP contribution in [0.3, 0.4) is 0 Å². The van der Waals surface area contributed by atoms with Crippen LogP contribution in [0.5, 0.6) is 5.75 Å². The molecule has 238 valence electrons. The average Bonchev–Trinajstić information content (AvgIpc) is 3.43. The normalized spacial score (nSPS) is 22.6. The molecule has 44 heavy (non-hydrogen) atoms. The highest BCUT2D eigenvalue weighted by Gasteiger charge is 2.47. The van der Waals surface area contributed by atoms with Gasteiger partial charge in [-0.25, -0.2) is 9.78 Å². The zero-order valence-electron chi connectivity index (χ0n) is 26.1. The molecule has 2 aromatic heterocycles. The number of piperidine rings is 2. The smallest absolute Gasteiger partial charge is 0.410 e.